The zero-order valence-corrected chi connectivity index (χ0v) is 15.4. The fraction of sp³-hybridized carbons (Fsp3) is 0.368. The van der Waals surface area contributed by atoms with Crippen molar-refractivity contribution >= 4 is 17.3 Å². The van der Waals surface area contributed by atoms with E-state index in [4.69, 9.17) is 0 Å². The molecule has 1 aliphatic carbocycles. The standard InChI is InChI=1S/C19H17N5O5/c20-9-13-10-22(14-3-4-14)19(27)23(18(13)26)11-17(25)21-7-1-2-12-8-15(24(28)29)5-6-16(12)21/h5-6,8,10,14H,1-4,7,11H2. The molecule has 1 saturated carbocycles. The summed E-state index contributed by atoms with van der Waals surface area (Å²) in [7, 11) is 0. The number of nitro groups is 1. The van der Waals surface area contributed by atoms with Gasteiger partial charge < -0.3 is 4.90 Å². The van der Waals surface area contributed by atoms with Crippen LogP contribution in [0.1, 0.15) is 36.4 Å². The highest BCUT2D eigenvalue weighted by atomic mass is 16.6. The maximum absolute atomic E-state index is 13.0. The predicted molar refractivity (Wildman–Crippen MR) is 102 cm³/mol. The predicted octanol–water partition coefficient (Wildman–Crippen LogP) is 1.10. The lowest BCUT2D eigenvalue weighted by Gasteiger charge is -2.29. The van der Waals surface area contributed by atoms with Gasteiger partial charge in [0.1, 0.15) is 18.2 Å². The van der Waals surface area contributed by atoms with Crippen molar-refractivity contribution in [3.63, 3.8) is 0 Å². The molecule has 0 N–H and O–H groups in total. The molecule has 0 saturated heterocycles. The van der Waals surface area contributed by atoms with Gasteiger partial charge in [0.15, 0.2) is 0 Å². The number of nitro benzene ring substituents is 1. The lowest BCUT2D eigenvalue weighted by Crippen LogP contribution is -2.46. The van der Waals surface area contributed by atoms with Crippen LogP contribution in [-0.2, 0) is 17.8 Å². The molecule has 2 heterocycles. The average molecular weight is 395 g/mol. The van der Waals surface area contributed by atoms with Crippen LogP contribution < -0.4 is 16.1 Å². The van der Waals surface area contributed by atoms with Crippen molar-refractivity contribution in [2.75, 3.05) is 11.4 Å². The highest BCUT2D eigenvalue weighted by Crippen LogP contribution is 2.33. The molecule has 0 unspecified atom stereocenters. The Morgan fingerprint density at radius 3 is 2.72 bits per heavy atom. The maximum atomic E-state index is 13.0. The number of nitrogens with zero attached hydrogens (tertiary/aromatic N) is 5. The number of benzene rings is 1. The molecule has 1 aromatic heterocycles. The van der Waals surface area contributed by atoms with Gasteiger partial charge in [-0.1, -0.05) is 0 Å². The van der Waals surface area contributed by atoms with Gasteiger partial charge in [-0.25, -0.2) is 9.36 Å². The molecule has 29 heavy (non-hydrogen) atoms. The van der Waals surface area contributed by atoms with Crippen LogP contribution in [0.25, 0.3) is 0 Å². The monoisotopic (exact) mass is 395 g/mol. The average Bonchev–Trinajstić information content (AvgIpc) is 3.55. The van der Waals surface area contributed by atoms with E-state index in [-0.39, 0.29) is 17.3 Å². The Labute approximate surface area is 164 Å². The van der Waals surface area contributed by atoms with Gasteiger partial charge in [0.25, 0.3) is 11.2 Å². The molecule has 10 heteroatoms. The Hall–Kier alpha value is -3.74. The normalized spacial score (nSPS) is 15.5. The number of nitriles is 1. The van der Waals surface area contributed by atoms with Crippen LogP contribution in [0.5, 0.6) is 0 Å². The summed E-state index contributed by atoms with van der Waals surface area (Å²) in [6.45, 7) is -0.108. The SMILES string of the molecule is N#Cc1cn(C2CC2)c(=O)n(CC(=O)N2CCCc3cc([N+](=O)[O-])ccc32)c1=O. The number of hydrogen-bond donors (Lipinski definition) is 0. The number of aryl methyl sites for hydroxylation is 1. The summed E-state index contributed by atoms with van der Waals surface area (Å²) in [6, 6.07) is 6.02. The maximum Gasteiger partial charge on any atom is 0.331 e. The second kappa shape index (κ2) is 7.01. The fourth-order valence-corrected chi connectivity index (χ4v) is 3.63. The largest absolute Gasteiger partial charge is 0.331 e. The molecule has 0 radical (unpaired) electrons. The molecular weight excluding hydrogens is 378 g/mol. The van der Waals surface area contributed by atoms with Gasteiger partial charge in [-0.15, -0.1) is 0 Å². The molecule has 4 rings (SSSR count). The quantitative estimate of drug-likeness (QED) is 0.563. The molecular formula is C19H17N5O5. The smallest absolute Gasteiger partial charge is 0.311 e. The van der Waals surface area contributed by atoms with Crippen molar-refractivity contribution in [2.24, 2.45) is 0 Å². The number of amides is 1. The first-order chi connectivity index (χ1) is 13.9. The van der Waals surface area contributed by atoms with E-state index in [2.05, 4.69) is 0 Å². The van der Waals surface area contributed by atoms with Crippen LogP contribution in [0.3, 0.4) is 0 Å². The number of anilines is 1. The molecule has 0 spiro atoms. The third kappa shape index (κ3) is 3.31. The van der Waals surface area contributed by atoms with E-state index in [1.807, 2.05) is 0 Å². The summed E-state index contributed by atoms with van der Waals surface area (Å²) in [4.78, 5) is 50.1. The number of carbonyl (C=O) groups is 1. The zero-order chi connectivity index (χ0) is 20.7. The first-order valence-corrected chi connectivity index (χ1v) is 9.24. The van der Waals surface area contributed by atoms with E-state index in [1.165, 1.54) is 33.9 Å². The Bertz CT molecular complexity index is 1180. The zero-order valence-electron chi connectivity index (χ0n) is 15.4. The molecule has 10 nitrogen and oxygen atoms in total. The third-order valence-electron chi connectivity index (χ3n) is 5.24. The van der Waals surface area contributed by atoms with Crippen LogP contribution in [0.4, 0.5) is 11.4 Å². The van der Waals surface area contributed by atoms with Crippen molar-refractivity contribution in [1.82, 2.24) is 9.13 Å². The van der Waals surface area contributed by atoms with Gasteiger partial charge in [-0.2, -0.15) is 5.26 Å². The van der Waals surface area contributed by atoms with Crippen molar-refractivity contribution < 1.29 is 9.72 Å². The number of hydrogen-bond acceptors (Lipinski definition) is 6. The molecule has 0 bridgehead atoms. The van der Waals surface area contributed by atoms with Crippen LogP contribution in [-0.4, -0.2) is 26.5 Å². The van der Waals surface area contributed by atoms with Crippen LogP contribution in [0.15, 0.2) is 34.0 Å². The van der Waals surface area contributed by atoms with E-state index in [0.29, 0.717) is 30.6 Å². The minimum absolute atomic E-state index is 0.0483. The summed E-state index contributed by atoms with van der Waals surface area (Å²) >= 11 is 0. The summed E-state index contributed by atoms with van der Waals surface area (Å²) in [5, 5.41) is 20.2. The molecule has 2 aromatic rings. The van der Waals surface area contributed by atoms with Gasteiger partial charge in [0, 0.05) is 36.6 Å². The lowest BCUT2D eigenvalue weighted by molar-refractivity contribution is -0.384. The van der Waals surface area contributed by atoms with Crippen molar-refractivity contribution in [2.45, 2.75) is 38.3 Å². The molecule has 1 fully saturated rings. The van der Waals surface area contributed by atoms with E-state index in [9.17, 15) is 29.8 Å². The van der Waals surface area contributed by atoms with E-state index >= 15 is 0 Å². The number of rotatable bonds is 4. The summed E-state index contributed by atoms with van der Waals surface area (Å²) < 4.78 is 2.15. The molecule has 148 valence electrons. The molecule has 1 aliphatic heterocycles. The Morgan fingerprint density at radius 1 is 1.31 bits per heavy atom. The number of non-ortho nitro benzene ring substituents is 1. The topological polar surface area (TPSA) is 131 Å². The first-order valence-electron chi connectivity index (χ1n) is 9.24. The van der Waals surface area contributed by atoms with Crippen LogP contribution in [0, 0.1) is 21.4 Å². The van der Waals surface area contributed by atoms with Gasteiger partial charge in [0.2, 0.25) is 5.91 Å². The highest BCUT2D eigenvalue weighted by Gasteiger charge is 2.29. The van der Waals surface area contributed by atoms with Crippen molar-refractivity contribution in [1.29, 1.82) is 5.26 Å². The Balaban J connectivity index is 1.69. The Kier molecular flexibility index (Phi) is 4.50. The molecule has 0 atom stereocenters. The summed E-state index contributed by atoms with van der Waals surface area (Å²) in [6.07, 6.45) is 4.04. The second-order valence-corrected chi connectivity index (χ2v) is 7.19. The van der Waals surface area contributed by atoms with E-state index in [1.54, 1.807) is 6.07 Å². The van der Waals surface area contributed by atoms with Gasteiger partial charge in [-0.3, -0.25) is 24.3 Å². The number of fused-ring (bicyclic) bond motifs is 1. The molecule has 2 aliphatic rings. The third-order valence-corrected chi connectivity index (χ3v) is 5.24. The van der Waals surface area contributed by atoms with Gasteiger partial charge in [-0.05, 0) is 37.3 Å². The Morgan fingerprint density at radius 2 is 2.07 bits per heavy atom. The second-order valence-electron chi connectivity index (χ2n) is 7.19. The number of aromatic nitrogens is 2. The van der Waals surface area contributed by atoms with Crippen LogP contribution >= 0.6 is 0 Å². The van der Waals surface area contributed by atoms with Crippen LogP contribution in [0.2, 0.25) is 0 Å². The minimum Gasteiger partial charge on any atom is -0.311 e. The highest BCUT2D eigenvalue weighted by molar-refractivity contribution is 5.94. The summed E-state index contributed by atoms with van der Waals surface area (Å²) in [5.41, 5.74) is -0.414. The molecule has 1 amide bonds. The fourth-order valence-electron chi connectivity index (χ4n) is 3.63. The lowest BCUT2D eigenvalue weighted by atomic mass is 10.0. The van der Waals surface area contributed by atoms with E-state index in [0.717, 1.165) is 17.4 Å². The minimum atomic E-state index is -0.788. The van der Waals surface area contributed by atoms with E-state index < -0.39 is 28.6 Å². The molecule has 1 aromatic carbocycles. The summed E-state index contributed by atoms with van der Waals surface area (Å²) in [5.74, 6) is -0.476. The first kappa shape index (κ1) is 18.6. The van der Waals surface area contributed by atoms with Crippen molar-refractivity contribution in [3.8, 4) is 6.07 Å². The van der Waals surface area contributed by atoms with Crippen molar-refractivity contribution in [3.05, 3.63) is 66.5 Å². The number of carbonyl (C=O) groups excluding carboxylic acids is 1. The van der Waals surface area contributed by atoms with Gasteiger partial charge in [0.05, 0.1) is 4.92 Å². The van der Waals surface area contributed by atoms with Gasteiger partial charge >= 0.3 is 5.69 Å².